The molecule has 4 N–H and O–H groups in total. The lowest BCUT2D eigenvalue weighted by atomic mass is 10.1. The Hall–Kier alpha value is -1.25. The van der Waals surface area contributed by atoms with Gasteiger partial charge in [0.15, 0.2) is 0 Å². The fourth-order valence-electron chi connectivity index (χ4n) is 1.12. The first kappa shape index (κ1) is 8.84. The maximum absolute atomic E-state index is 5.74. The van der Waals surface area contributed by atoms with Gasteiger partial charge in [-0.25, -0.2) is 4.98 Å². The second-order valence-corrected chi connectivity index (χ2v) is 2.87. The lowest BCUT2D eigenvalue weighted by Gasteiger charge is -2.05. The first-order valence-corrected chi connectivity index (χ1v) is 4.24. The zero-order valence-electron chi connectivity index (χ0n) is 7.38. The van der Waals surface area contributed by atoms with Gasteiger partial charge in [0.25, 0.3) is 0 Å². The van der Waals surface area contributed by atoms with E-state index in [1.807, 2.05) is 6.07 Å². The van der Waals surface area contributed by atoms with Crippen LogP contribution in [0.4, 0.5) is 11.5 Å². The Balaban J connectivity index is 2.78. The number of aromatic nitrogens is 1. The highest BCUT2D eigenvalue weighted by Gasteiger charge is 2.01. The summed E-state index contributed by atoms with van der Waals surface area (Å²) in [7, 11) is 0. The number of aryl methyl sites for hydroxylation is 1. The van der Waals surface area contributed by atoms with Gasteiger partial charge >= 0.3 is 0 Å². The number of hydrogen-bond acceptors (Lipinski definition) is 3. The number of anilines is 2. The molecule has 3 heteroatoms. The molecule has 0 atom stereocenters. The largest absolute Gasteiger partial charge is 0.396 e. The van der Waals surface area contributed by atoms with Crippen LogP contribution >= 0.6 is 0 Å². The molecule has 0 amide bonds. The van der Waals surface area contributed by atoms with Gasteiger partial charge < -0.3 is 11.5 Å². The molecule has 12 heavy (non-hydrogen) atoms. The lowest BCUT2D eigenvalue weighted by molar-refractivity contribution is 0.796. The van der Waals surface area contributed by atoms with Crippen molar-refractivity contribution in [3.63, 3.8) is 0 Å². The number of rotatable bonds is 3. The molecule has 0 bridgehead atoms. The predicted molar refractivity (Wildman–Crippen MR) is 51.7 cm³/mol. The van der Waals surface area contributed by atoms with Gasteiger partial charge in [0.1, 0.15) is 5.82 Å². The maximum atomic E-state index is 5.74. The third-order valence-electron chi connectivity index (χ3n) is 1.91. The molecule has 0 spiro atoms. The van der Waals surface area contributed by atoms with Crippen LogP contribution in [0.3, 0.4) is 0 Å². The van der Waals surface area contributed by atoms with E-state index in [0.29, 0.717) is 11.5 Å². The maximum Gasteiger partial charge on any atom is 0.146 e. The van der Waals surface area contributed by atoms with Gasteiger partial charge in [-0.2, -0.15) is 0 Å². The molecule has 0 radical (unpaired) electrons. The van der Waals surface area contributed by atoms with Crippen molar-refractivity contribution in [3.05, 3.63) is 17.8 Å². The Labute approximate surface area is 72.8 Å². The summed E-state index contributed by atoms with van der Waals surface area (Å²) in [5, 5.41) is 0. The number of nitrogens with two attached hydrogens (primary N) is 2. The zero-order valence-corrected chi connectivity index (χ0v) is 7.38. The second kappa shape index (κ2) is 3.95. The summed E-state index contributed by atoms with van der Waals surface area (Å²) in [5.74, 6) is 0.448. The quantitative estimate of drug-likeness (QED) is 0.714. The standard InChI is InChI=1S/C9H15N3/c1-2-3-4-7-5-6-12-9(11)8(7)10/h5-6H,2-4,10H2,1H3,(H2,11,12). The summed E-state index contributed by atoms with van der Waals surface area (Å²) in [5.41, 5.74) is 13.1. The van der Waals surface area contributed by atoms with E-state index < -0.39 is 0 Å². The molecule has 66 valence electrons. The Morgan fingerprint density at radius 3 is 2.83 bits per heavy atom. The molecular weight excluding hydrogens is 150 g/mol. The minimum atomic E-state index is 0.448. The van der Waals surface area contributed by atoms with Crippen molar-refractivity contribution in [1.29, 1.82) is 0 Å². The van der Waals surface area contributed by atoms with Crippen molar-refractivity contribution in [2.45, 2.75) is 26.2 Å². The van der Waals surface area contributed by atoms with Gasteiger partial charge in [-0.15, -0.1) is 0 Å². The summed E-state index contributed by atoms with van der Waals surface area (Å²) < 4.78 is 0. The SMILES string of the molecule is CCCCc1ccnc(N)c1N. The van der Waals surface area contributed by atoms with E-state index in [2.05, 4.69) is 11.9 Å². The zero-order chi connectivity index (χ0) is 8.97. The number of nitrogens with zero attached hydrogens (tertiary/aromatic N) is 1. The van der Waals surface area contributed by atoms with Crippen LogP contribution in [0.15, 0.2) is 12.3 Å². The van der Waals surface area contributed by atoms with Crippen LogP contribution in [0.5, 0.6) is 0 Å². The third-order valence-corrected chi connectivity index (χ3v) is 1.91. The summed E-state index contributed by atoms with van der Waals surface area (Å²) >= 11 is 0. The average Bonchev–Trinajstić information content (AvgIpc) is 2.08. The molecule has 0 aromatic carbocycles. The molecule has 0 aliphatic carbocycles. The molecule has 1 aromatic rings. The van der Waals surface area contributed by atoms with Crippen molar-refractivity contribution < 1.29 is 0 Å². The smallest absolute Gasteiger partial charge is 0.146 e. The number of hydrogen-bond donors (Lipinski definition) is 2. The molecule has 0 fully saturated rings. The molecule has 1 rings (SSSR count). The van der Waals surface area contributed by atoms with Crippen LogP contribution in [0, 0.1) is 0 Å². The fourth-order valence-corrected chi connectivity index (χ4v) is 1.12. The van der Waals surface area contributed by atoms with E-state index in [1.54, 1.807) is 6.20 Å². The monoisotopic (exact) mass is 165 g/mol. The predicted octanol–water partition coefficient (Wildman–Crippen LogP) is 1.59. The van der Waals surface area contributed by atoms with Gasteiger partial charge in [-0.3, -0.25) is 0 Å². The first-order valence-electron chi connectivity index (χ1n) is 4.24. The number of nitrogen functional groups attached to an aromatic ring is 2. The topological polar surface area (TPSA) is 64.9 Å². The highest BCUT2D eigenvalue weighted by molar-refractivity contribution is 5.62. The number of pyridine rings is 1. The summed E-state index contributed by atoms with van der Waals surface area (Å²) in [6.07, 6.45) is 5.01. The van der Waals surface area contributed by atoms with Crippen molar-refractivity contribution in [1.82, 2.24) is 4.98 Å². The Morgan fingerprint density at radius 2 is 2.17 bits per heavy atom. The van der Waals surface area contributed by atoms with Crippen molar-refractivity contribution in [2.24, 2.45) is 0 Å². The van der Waals surface area contributed by atoms with E-state index >= 15 is 0 Å². The van der Waals surface area contributed by atoms with Gasteiger partial charge in [-0.1, -0.05) is 13.3 Å². The summed E-state index contributed by atoms with van der Waals surface area (Å²) in [6.45, 7) is 2.15. The van der Waals surface area contributed by atoms with Crippen molar-refractivity contribution in [2.75, 3.05) is 11.5 Å². The highest BCUT2D eigenvalue weighted by atomic mass is 14.9. The van der Waals surface area contributed by atoms with Crippen LogP contribution in [0.2, 0.25) is 0 Å². The fraction of sp³-hybridized carbons (Fsp3) is 0.444. The molecule has 1 heterocycles. The van der Waals surface area contributed by atoms with Gasteiger partial charge in [0.2, 0.25) is 0 Å². The Morgan fingerprint density at radius 1 is 1.42 bits per heavy atom. The van der Waals surface area contributed by atoms with E-state index in [4.69, 9.17) is 11.5 Å². The van der Waals surface area contributed by atoms with Gasteiger partial charge in [0, 0.05) is 6.20 Å². The average molecular weight is 165 g/mol. The van der Waals surface area contributed by atoms with E-state index in [0.717, 1.165) is 18.4 Å². The highest BCUT2D eigenvalue weighted by Crippen LogP contribution is 2.18. The minimum Gasteiger partial charge on any atom is -0.396 e. The van der Waals surface area contributed by atoms with Crippen molar-refractivity contribution >= 4 is 11.5 Å². The Bertz CT molecular complexity index is 258. The van der Waals surface area contributed by atoms with Gasteiger partial charge in [0.05, 0.1) is 5.69 Å². The first-order chi connectivity index (χ1) is 5.75. The molecular formula is C9H15N3. The number of unbranched alkanes of at least 4 members (excludes halogenated alkanes) is 1. The molecule has 0 aliphatic rings. The molecule has 0 unspecified atom stereocenters. The van der Waals surface area contributed by atoms with Crippen LogP contribution < -0.4 is 11.5 Å². The van der Waals surface area contributed by atoms with Gasteiger partial charge in [-0.05, 0) is 24.5 Å². The van der Waals surface area contributed by atoms with Crippen LogP contribution in [-0.2, 0) is 6.42 Å². The summed E-state index contributed by atoms with van der Waals surface area (Å²) in [6, 6.07) is 1.93. The van der Waals surface area contributed by atoms with Crippen LogP contribution in [0.25, 0.3) is 0 Å². The molecule has 3 nitrogen and oxygen atoms in total. The molecule has 0 aliphatic heterocycles. The lowest BCUT2D eigenvalue weighted by Crippen LogP contribution is -2.01. The van der Waals surface area contributed by atoms with E-state index in [-0.39, 0.29) is 0 Å². The van der Waals surface area contributed by atoms with Crippen LogP contribution in [-0.4, -0.2) is 4.98 Å². The third kappa shape index (κ3) is 1.87. The molecule has 0 saturated heterocycles. The normalized spacial score (nSPS) is 10.1. The minimum absolute atomic E-state index is 0.448. The second-order valence-electron chi connectivity index (χ2n) is 2.87. The van der Waals surface area contributed by atoms with Crippen molar-refractivity contribution in [3.8, 4) is 0 Å². The van der Waals surface area contributed by atoms with Crippen LogP contribution in [0.1, 0.15) is 25.3 Å². The Kier molecular flexibility index (Phi) is 2.91. The molecule has 1 aromatic heterocycles. The molecule has 0 saturated carbocycles. The summed E-state index contributed by atoms with van der Waals surface area (Å²) in [4.78, 5) is 3.90. The van der Waals surface area contributed by atoms with E-state index in [1.165, 1.54) is 6.42 Å². The van der Waals surface area contributed by atoms with E-state index in [9.17, 15) is 0 Å².